The van der Waals surface area contributed by atoms with Gasteiger partial charge in [0.1, 0.15) is 0 Å². The van der Waals surface area contributed by atoms with Crippen LogP contribution in [0.2, 0.25) is 0 Å². The molecule has 0 aliphatic carbocycles. The van der Waals surface area contributed by atoms with E-state index in [4.69, 9.17) is 4.74 Å². The first kappa shape index (κ1) is 18.0. The maximum Gasteiger partial charge on any atom is 0.257 e. The highest BCUT2D eigenvalue weighted by molar-refractivity contribution is 6.31. The number of nitrogens with one attached hydrogen (secondary N) is 2. The maximum absolute atomic E-state index is 12.1. The van der Waals surface area contributed by atoms with Crippen molar-refractivity contribution < 1.29 is 9.53 Å². The maximum atomic E-state index is 12.1. The first-order chi connectivity index (χ1) is 12.7. The fourth-order valence-electron chi connectivity index (χ4n) is 3.05. The molecule has 2 N–H and O–H groups in total. The van der Waals surface area contributed by atoms with Gasteiger partial charge in [-0.25, -0.2) is 0 Å². The summed E-state index contributed by atoms with van der Waals surface area (Å²) in [6.07, 6.45) is 2.86. The van der Waals surface area contributed by atoms with Crippen molar-refractivity contribution in [3.05, 3.63) is 60.3 Å². The lowest BCUT2D eigenvalue weighted by molar-refractivity contribution is -0.110. The van der Waals surface area contributed by atoms with E-state index in [1.165, 1.54) is 5.69 Å². The van der Waals surface area contributed by atoms with Crippen molar-refractivity contribution in [2.45, 2.75) is 13.3 Å². The number of carbonyl (C=O) groups excluding carboxylic acids is 1. The van der Waals surface area contributed by atoms with Crippen LogP contribution < -0.4 is 15.5 Å². The van der Waals surface area contributed by atoms with Crippen LogP contribution in [0.1, 0.15) is 18.9 Å². The van der Waals surface area contributed by atoms with E-state index in [2.05, 4.69) is 34.6 Å². The van der Waals surface area contributed by atoms with Gasteiger partial charge in [0.25, 0.3) is 5.91 Å². The molecule has 5 nitrogen and oxygen atoms in total. The number of nitrogens with zero attached hydrogens (tertiary/aromatic N) is 1. The van der Waals surface area contributed by atoms with Crippen LogP contribution in [0.5, 0.6) is 0 Å². The summed E-state index contributed by atoms with van der Waals surface area (Å²) in [7, 11) is 1.72. The van der Waals surface area contributed by atoms with Crippen LogP contribution in [0.4, 0.5) is 17.1 Å². The normalized spacial score (nSPS) is 14.2. The molecule has 0 bridgehead atoms. The molecule has 5 heteroatoms. The number of hydrogen-bond donors (Lipinski definition) is 2. The second kappa shape index (κ2) is 8.54. The van der Waals surface area contributed by atoms with Crippen molar-refractivity contribution in [1.29, 1.82) is 0 Å². The van der Waals surface area contributed by atoms with Gasteiger partial charge in [0.05, 0.1) is 12.2 Å². The summed E-state index contributed by atoms with van der Waals surface area (Å²) in [5.74, 6) is -0.0796. The number of hydrogen-bond acceptors (Lipinski definition) is 4. The first-order valence-corrected chi connectivity index (χ1v) is 8.94. The number of carbonyl (C=O) groups is 1. The van der Waals surface area contributed by atoms with E-state index in [9.17, 15) is 4.79 Å². The molecular weight excluding hydrogens is 326 g/mol. The molecule has 3 rings (SSSR count). The molecule has 0 radical (unpaired) electrons. The number of anilines is 3. The lowest BCUT2D eigenvalue weighted by Gasteiger charge is -2.24. The highest BCUT2D eigenvalue weighted by atomic mass is 16.5. The fraction of sp³-hybridized carbons (Fsp3) is 0.286. The van der Waals surface area contributed by atoms with Gasteiger partial charge in [0, 0.05) is 49.0 Å². The summed E-state index contributed by atoms with van der Waals surface area (Å²) in [6.45, 7) is 4.75. The molecule has 1 aliphatic rings. The molecule has 2 aromatic rings. The highest BCUT2D eigenvalue weighted by Crippen LogP contribution is 2.31. The fourth-order valence-corrected chi connectivity index (χ4v) is 3.05. The zero-order chi connectivity index (χ0) is 18.4. The molecular formula is C21H25N3O2. The largest absolute Gasteiger partial charge is 0.383 e. The van der Waals surface area contributed by atoms with Gasteiger partial charge in [-0.05, 0) is 36.8 Å². The third kappa shape index (κ3) is 4.06. The molecule has 0 spiro atoms. The standard InChI is InChI=1S/C21H25N3O2/c1-3-12-24(13-14-26-2)17-10-8-16(9-11-17)22-15-19-18-6-4-5-7-20(18)23-21(19)25/h4-11,15,22H,3,12-14H2,1-2H3,(H,23,25). The first-order valence-electron chi connectivity index (χ1n) is 8.94. The number of fused-ring (bicyclic) bond motifs is 1. The van der Waals surface area contributed by atoms with Gasteiger partial charge in [0.2, 0.25) is 0 Å². The van der Waals surface area contributed by atoms with Crippen molar-refractivity contribution >= 4 is 28.5 Å². The molecule has 0 saturated heterocycles. The molecule has 136 valence electrons. The van der Waals surface area contributed by atoms with Crippen molar-refractivity contribution in [1.82, 2.24) is 0 Å². The Morgan fingerprint density at radius 2 is 1.88 bits per heavy atom. The summed E-state index contributed by atoms with van der Waals surface area (Å²) >= 11 is 0. The lowest BCUT2D eigenvalue weighted by Crippen LogP contribution is -2.27. The minimum Gasteiger partial charge on any atom is -0.383 e. The summed E-state index contributed by atoms with van der Waals surface area (Å²) in [5, 5.41) is 6.11. The van der Waals surface area contributed by atoms with E-state index < -0.39 is 0 Å². The van der Waals surface area contributed by atoms with Crippen molar-refractivity contribution in [2.24, 2.45) is 0 Å². The van der Waals surface area contributed by atoms with Crippen molar-refractivity contribution in [2.75, 3.05) is 42.3 Å². The second-order valence-electron chi connectivity index (χ2n) is 6.23. The third-order valence-electron chi connectivity index (χ3n) is 4.38. The van der Waals surface area contributed by atoms with Crippen LogP contribution in [0.3, 0.4) is 0 Å². The monoisotopic (exact) mass is 351 g/mol. The number of methoxy groups -OCH3 is 1. The van der Waals surface area contributed by atoms with E-state index in [0.717, 1.165) is 36.4 Å². The Labute approximate surface area is 154 Å². The predicted octanol–water partition coefficient (Wildman–Crippen LogP) is 3.95. The average Bonchev–Trinajstić information content (AvgIpc) is 2.99. The average molecular weight is 351 g/mol. The quantitative estimate of drug-likeness (QED) is 0.707. The lowest BCUT2D eigenvalue weighted by atomic mass is 10.1. The summed E-state index contributed by atoms with van der Waals surface area (Å²) in [6, 6.07) is 15.9. The molecule has 0 unspecified atom stereocenters. The molecule has 1 amide bonds. The summed E-state index contributed by atoms with van der Waals surface area (Å²) in [5.41, 5.74) is 4.55. The summed E-state index contributed by atoms with van der Waals surface area (Å²) < 4.78 is 5.20. The zero-order valence-electron chi connectivity index (χ0n) is 15.3. The molecule has 0 aromatic heterocycles. The van der Waals surface area contributed by atoms with Crippen molar-refractivity contribution in [3.8, 4) is 0 Å². The molecule has 1 aliphatic heterocycles. The predicted molar refractivity (Wildman–Crippen MR) is 107 cm³/mol. The Hall–Kier alpha value is -2.79. The van der Waals surface area contributed by atoms with E-state index in [0.29, 0.717) is 12.2 Å². The Kier molecular flexibility index (Phi) is 5.92. The summed E-state index contributed by atoms with van der Waals surface area (Å²) in [4.78, 5) is 14.4. The van der Waals surface area contributed by atoms with Crippen LogP contribution in [0, 0.1) is 0 Å². The number of amides is 1. The minimum absolute atomic E-state index is 0.0796. The van der Waals surface area contributed by atoms with Gasteiger partial charge in [-0.2, -0.15) is 0 Å². The number of para-hydroxylation sites is 1. The van der Waals surface area contributed by atoms with Gasteiger partial charge in [-0.3, -0.25) is 4.79 Å². The Bertz CT molecular complexity index is 784. The number of rotatable bonds is 8. The van der Waals surface area contributed by atoms with Crippen LogP contribution >= 0.6 is 0 Å². The van der Waals surface area contributed by atoms with Gasteiger partial charge >= 0.3 is 0 Å². The van der Waals surface area contributed by atoms with E-state index >= 15 is 0 Å². The van der Waals surface area contributed by atoms with Crippen LogP contribution in [0.15, 0.2) is 54.7 Å². The SMILES string of the molecule is CCCN(CCOC)c1ccc(NC=C2C(=O)Nc3ccccc32)cc1. The Morgan fingerprint density at radius 1 is 1.12 bits per heavy atom. The molecule has 1 heterocycles. The second-order valence-corrected chi connectivity index (χ2v) is 6.23. The van der Waals surface area contributed by atoms with Gasteiger partial charge in [-0.1, -0.05) is 25.1 Å². The molecule has 0 saturated carbocycles. The Morgan fingerprint density at radius 3 is 2.62 bits per heavy atom. The van der Waals surface area contributed by atoms with E-state index in [1.807, 2.05) is 36.4 Å². The van der Waals surface area contributed by atoms with Crippen molar-refractivity contribution in [3.63, 3.8) is 0 Å². The minimum atomic E-state index is -0.0796. The molecule has 2 aromatic carbocycles. The smallest absolute Gasteiger partial charge is 0.257 e. The van der Waals surface area contributed by atoms with Gasteiger partial charge in [0.15, 0.2) is 0 Å². The van der Waals surface area contributed by atoms with E-state index in [-0.39, 0.29) is 5.91 Å². The Balaban J connectivity index is 1.70. The third-order valence-corrected chi connectivity index (χ3v) is 4.38. The highest BCUT2D eigenvalue weighted by Gasteiger charge is 2.23. The zero-order valence-corrected chi connectivity index (χ0v) is 15.3. The molecule has 0 fully saturated rings. The van der Waals surface area contributed by atoms with Gasteiger partial charge < -0.3 is 20.3 Å². The van der Waals surface area contributed by atoms with Crippen LogP contribution in [0.25, 0.3) is 5.57 Å². The number of ether oxygens (including phenoxy) is 1. The van der Waals surface area contributed by atoms with Gasteiger partial charge in [-0.15, -0.1) is 0 Å². The topological polar surface area (TPSA) is 53.6 Å². The van der Waals surface area contributed by atoms with Crippen LogP contribution in [-0.4, -0.2) is 32.7 Å². The van der Waals surface area contributed by atoms with E-state index in [1.54, 1.807) is 13.3 Å². The molecule has 26 heavy (non-hydrogen) atoms. The van der Waals surface area contributed by atoms with Crippen LogP contribution in [-0.2, 0) is 9.53 Å². The molecule has 0 atom stereocenters. The number of benzene rings is 2.